The molecule has 0 aliphatic carbocycles. The van der Waals surface area contributed by atoms with Gasteiger partial charge < -0.3 is 9.47 Å². The summed E-state index contributed by atoms with van der Waals surface area (Å²) in [5.41, 5.74) is 1.66. The van der Waals surface area contributed by atoms with Gasteiger partial charge >= 0.3 is 5.97 Å². The Kier molecular flexibility index (Phi) is 3.39. The third kappa shape index (κ3) is 2.45. The Balaban J connectivity index is 2.33. The van der Waals surface area contributed by atoms with Crippen LogP contribution in [0, 0.1) is 0 Å². The SMILES string of the molecule is COC(=O)c1cc(-c2cccc(OC)c2)ns1. The molecule has 4 nitrogen and oxygen atoms in total. The highest BCUT2D eigenvalue weighted by Crippen LogP contribution is 2.25. The van der Waals surface area contributed by atoms with Crippen molar-refractivity contribution >= 4 is 17.5 Å². The van der Waals surface area contributed by atoms with E-state index in [2.05, 4.69) is 9.11 Å². The first kappa shape index (κ1) is 11.6. The van der Waals surface area contributed by atoms with Gasteiger partial charge in [-0.05, 0) is 29.7 Å². The molecule has 0 spiro atoms. The zero-order valence-electron chi connectivity index (χ0n) is 9.47. The summed E-state index contributed by atoms with van der Waals surface area (Å²) >= 11 is 1.13. The summed E-state index contributed by atoms with van der Waals surface area (Å²) in [6.07, 6.45) is 0. The van der Waals surface area contributed by atoms with Gasteiger partial charge in [-0.3, -0.25) is 0 Å². The summed E-state index contributed by atoms with van der Waals surface area (Å²) < 4.78 is 14.0. The quantitative estimate of drug-likeness (QED) is 0.784. The first-order chi connectivity index (χ1) is 8.24. The molecular weight excluding hydrogens is 238 g/mol. The van der Waals surface area contributed by atoms with Crippen molar-refractivity contribution in [1.82, 2.24) is 4.37 Å². The van der Waals surface area contributed by atoms with E-state index in [1.807, 2.05) is 24.3 Å². The van der Waals surface area contributed by atoms with Crippen LogP contribution in [0.25, 0.3) is 11.3 Å². The van der Waals surface area contributed by atoms with E-state index in [0.29, 0.717) is 4.88 Å². The summed E-state index contributed by atoms with van der Waals surface area (Å²) in [5, 5.41) is 0. The summed E-state index contributed by atoms with van der Waals surface area (Å²) in [6.45, 7) is 0. The number of rotatable bonds is 3. The Hall–Kier alpha value is -1.88. The predicted octanol–water partition coefficient (Wildman–Crippen LogP) is 2.61. The highest BCUT2D eigenvalue weighted by Gasteiger charge is 2.11. The molecule has 0 atom stereocenters. The van der Waals surface area contributed by atoms with Crippen molar-refractivity contribution in [2.75, 3.05) is 14.2 Å². The van der Waals surface area contributed by atoms with Crippen LogP contribution < -0.4 is 4.74 Å². The number of benzene rings is 1. The van der Waals surface area contributed by atoms with Crippen LogP contribution >= 0.6 is 11.5 Å². The number of nitrogens with zero attached hydrogens (tertiary/aromatic N) is 1. The average molecular weight is 249 g/mol. The van der Waals surface area contributed by atoms with Crippen LogP contribution in [0.4, 0.5) is 0 Å². The molecule has 0 fully saturated rings. The Morgan fingerprint density at radius 3 is 2.82 bits per heavy atom. The van der Waals surface area contributed by atoms with Gasteiger partial charge in [0.1, 0.15) is 10.6 Å². The molecule has 0 aliphatic rings. The maximum Gasteiger partial charge on any atom is 0.349 e. The molecule has 17 heavy (non-hydrogen) atoms. The van der Waals surface area contributed by atoms with E-state index in [1.54, 1.807) is 13.2 Å². The fraction of sp³-hybridized carbons (Fsp3) is 0.167. The first-order valence-electron chi connectivity index (χ1n) is 4.94. The molecule has 1 aromatic heterocycles. The molecule has 1 heterocycles. The van der Waals surface area contributed by atoms with E-state index < -0.39 is 0 Å². The molecule has 2 rings (SSSR count). The zero-order valence-corrected chi connectivity index (χ0v) is 10.3. The second-order valence-electron chi connectivity index (χ2n) is 3.30. The molecular formula is C12H11NO3S. The minimum Gasteiger partial charge on any atom is -0.497 e. The molecule has 0 radical (unpaired) electrons. The standard InChI is InChI=1S/C12H11NO3S/c1-15-9-5-3-4-8(6-9)10-7-11(17-13-10)12(14)16-2/h3-7H,1-2H3. The third-order valence-electron chi connectivity index (χ3n) is 2.26. The second-order valence-corrected chi connectivity index (χ2v) is 4.10. The predicted molar refractivity (Wildman–Crippen MR) is 65.4 cm³/mol. The minimum atomic E-state index is -0.364. The van der Waals surface area contributed by atoms with Crippen molar-refractivity contribution in [3.05, 3.63) is 35.2 Å². The molecule has 0 amide bonds. The van der Waals surface area contributed by atoms with Gasteiger partial charge in [0.05, 0.1) is 19.9 Å². The van der Waals surface area contributed by atoms with E-state index in [0.717, 1.165) is 28.5 Å². The van der Waals surface area contributed by atoms with Crippen molar-refractivity contribution in [2.24, 2.45) is 0 Å². The van der Waals surface area contributed by atoms with E-state index in [9.17, 15) is 4.79 Å². The highest BCUT2D eigenvalue weighted by atomic mass is 32.1. The zero-order chi connectivity index (χ0) is 12.3. The number of ether oxygens (including phenoxy) is 2. The van der Waals surface area contributed by atoms with Gasteiger partial charge in [-0.15, -0.1) is 0 Å². The second kappa shape index (κ2) is 4.97. The van der Waals surface area contributed by atoms with Crippen LogP contribution in [0.15, 0.2) is 30.3 Å². The minimum absolute atomic E-state index is 0.364. The van der Waals surface area contributed by atoms with Crippen molar-refractivity contribution in [3.8, 4) is 17.0 Å². The maximum atomic E-state index is 11.3. The first-order valence-corrected chi connectivity index (χ1v) is 5.71. The normalized spacial score (nSPS) is 10.0. The lowest BCUT2D eigenvalue weighted by Crippen LogP contribution is -1.96. The summed E-state index contributed by atoms with van der Waals surface area (Å²) in [6, 6.07) is 9.24. The Morgan fingerprint density at radius 2 is 2.12 bits per heavy atom. The smallest absolute Gasteiger partial charge is 0.349 e. The molecule has 5 heteroatoms. The number of hydrogen-bond acceptors (Lipinski definition) is 5. The van der Waals surface area contributed by atoms with E-state index >= 15 is 0 Å². The Bertz CT molecular complexity index is 536. The Morgan fingerprint density at radius 1 is 1.29 bits per heavy atom. The van der Waals surface area contributed by atoms with Crippen LogP contribution in [0.5, 0.6) is 5.75 Å². The van der Waals surface area contributed by atoms with Gasteiger partial charge in [0.15, 0.2) is 0 Å². The van der Waals surface area contributed by atoms with Gasteiger partial charge in [0.2, 0.25) is 0 Å². The van der Waals surface area contributed by atoms with Gasteiger partial charge in [-0.1, -0.05) is 12.1 Å². The van der Waals surface area contributed by atoms with Crippen LogP contribution in [0.1, 0.15) is 9.67 Å². The molecule has 0 N–H and O–H groups in total. The number of methoxy groups -OCH3 is 2. The number of aromatic nitrogens is 1. The van der Waals surface area contributed by atoms with Crippen LogP contribution in [-0.2, 0) is 4.74 Å². The molecule has 0 bridgehead atoms. The van der Waals surface area contributed by atoms with E-state index in [1.165, 1.54) is 7.11 Å². The van der Waals surface area contributed by atoms with Crippen molar-refractivity contribution in [2.45, 2.75) is 0 Å². The molecule has 0 saturated carbocycles. The average Bonchev–Trinajstić information content (AvgIpc) is 2.87. The van der Waals surface area contributed by atoms with E-state index in [4.69, 9.17) is 4.74 Å². The van der Waals surface area contributed by atoms with E-state index in [-0.39, 0.29) is 5.97 Å². The van der Waals surface area contributed by atoms with Crippen molar-refractivity contribution < 1.29 is 14.3 Å². The van der Waals surface area contributed by atoms with Gasteiger partial charge in [-0.2, -0.15) is 4.37 Å². The monoisotopic (exact) mass is 249 g/mol. The lowest BCUT2D eigenvalue weighted by atomic mass is 10.1. The topological polar surface area (TPSA) is 48.4 Å². The Labute approximate surface area is 103 Å². The molecule has 2 aromatic rings. The molecule has 0 aliphatic heterocycles. The number of carbonyl (C=O) groups is 1. The largest absolute Gasteiger partial charge is 0.497 e. The van der Waals surface area contributed by atoms with Crippen LogP contribution in [-0.4, -0.2) is 24.6 Å². The molecule has 1 aromatic carbocycles. The van der Waals surface area contributed by atoms with Crippen LogP contribution in [0.3, 0.4) is 0 Å². The molecule has 0 unspecified atom stereocenters. The summed E-state index contributed by atoms with van der Waals surface area (Å²) in [5.74, 6) is 0.395. The maximum absolute atomic E-state index is 11.3. The summed E-state index contributed by atoms with van der Waals surface area (Å²) in [4.78, 5) is 11.8. The highest BCUT2D eigenvalue weighted by molar-refractivity contribution is 7.08. The third-order valence-corrected chi connectivity index (χ3v) is 3.03. The number of hydrogen-bond donors (Lipinski definition) is 0. The fourth-order valence-electron chi connectivity index (χ4n) is 1.39. The van der Waals surface area contributed by atoms with Crippen molar-refractivity contribution in [1.29, 1.82) is 0 Å². The van der Waals surface area contributed by atoms with Gasteiger partial charge in [-0.25, -0.2) is 4.79 Å². The van der Waals surface area contributed by atoms with Crippen molar-refractivity contribution in [3.63, 3.8) is 0 Å². The van der Waals surface area contributed by atoms with Crippen LogP contribution in [0.2, 0.25) is 0 Å². The fourth-order valence-corrected chi connectivity index (χ4v) is 2.07. The lowest BCUT2D eigenvalue weighted by molar-refractivity contribution is 0.0606. The number of esters is 1. The molecule has 0 saturated heterocycles. The van der Waals surface area contributed by atoms with Gasteiger partial charge in [0.25, 0.3) is 0 Å². The van der Waals surface area contributed by atoms with Gasteiger partial charge in [0, 0.05) is 5.56 Å². The summed E-state index contributed by atoms with van der Waals surface area (Å²) in [7, 11) is 2.97. The molecule has 88 valence electrons. The lowest BCUT2D eigenvalue weighted by Gasteiger charge is -2.01. The number of carbonyl (C=O) groups excluding carboxylic acids is 1.